The summed E-state index contributed by atoms with van der Waals surface area (Å²) in [6, 6.07) is 0. The second kappa shape index (κ2) is 24.2. The Morgan fingerprint density at radius 2 is 0.400 bits per heavy atom. The summed E-state index contributed by atoms with van der Waals surface area (Å²) in [5.74, 6) is 0. The van der Waals surface area contributed by atoms with Gasteiger partial charge in [-0.2, -0.15) is 0 Å². The second-order valence-corrected chi connectivity index (χ2v) is 0. The molecule has 0 amide bonds. The van der Waals surface area contributed by atoms with Crippen LogP contribution in [-0.2, 0) is 0 Å². The molecule has 0 nitrogen and oxygen atoms in total. The Labute approximate surface area is 120 Å². The molecule has 0 aliphatic rings. The minimum absolute atomic E-state index is 0. The van der Waals surface area contributed by atoms with Crippen LogP contribution in [0, 0.1) is 0 Å². The van der Waals surface area contributed by atoms with Gasteiger partial charge >= 0.3 is 123 Å². The van der Waals surface area contributed by atoms with Gasteiger partial charge in [-0.3, -0.25) is 0 Å². The second-order valence-electron chi connectivity index (χ2n) is 0. The third-order valence-corrected chi connectivity index (χ3v) is 0. The van der Waals surface area contributed by atoms with Crippen molar-refractivity contribution >= 4 is 123 Å². The number of hydrogen-bond acceptors (Lipinski definition) is 0. The first-order chi connectivity index (χ1) is 0. The fourth-order valence-corrected chi connectivity index (χ4v) is 0. The van der Waals surface area contributed by atoms with Crippen molar-refractivity contribution in [2.75, 3.05) is 0 Å². The molecule has 0 saturated carbocycles. The van der Waals surface area contributed by atoms with Crippen molar-refractivity contribution in [1.29, 1.82) is 0 Å². The van der Waals surface area contributed by atoms with Crippen molar-refractivity contribution in [3.63, 3.8) is 0 Å². The Bertz CT molecular complexity index is 4.85. The molecular formula is H12Bi2Te3. The van der Waals surface area contributed by atoms with E-state index in [2.05, 4.69) is 0 Å². The van der Waals surface area contributed by atoms with Crippen LogP contribution in [0.5, 0.6) is 0 Å². The first kappa shape index (κ1) is 35.4. The molecule has 0 saturated heterocycles. The monoisotopic (exact) mass is 820 g/mol. The van der Waals surface area contributed by atoms with Crippen LogP contribution in [0.2, 0.25) is 0 Å². The predicted molar refractivity (Wildman–Crippen MR) is 45.5 cm³/mol. The van der Waals surface area contributed by atoms with E-state index in [0.717, 1.165) is 0 Å². The fourth-order valence-electron chi connectivity index (χ4n) is 0. The number of rotatable bonds is 0. The third kappa shape index (κ3) is 17.9. The number of hydrogen-bond donors (Lipinski definition) is 0. The van der Waals surface area contributed by atoms with E-state index in [1.165, 1.54) is 0 Å². The van der Waals surface area contributed by atoms with E-state index in [1.54, 1.807) is 0 Å². The van der Waals surface area contributed by atoms with E-state index in [0.29, 0.717) is 0 Å². The molecule has 5 heavy (non-hydrogen) atoms. The van der Waals surface area contributed by atoms with Crippen molar-refractivity contribution < 1.29 is 0 Å². The van der Waals surface area contributed by atoms with Crippen LogP contribution in [0.1, 0.15) is 0 Å². The van der Waals surface area contributed by atoms with Crippen molar-refractivity contribution in [2.45, 2.75) is 0 Å². The molecule has 0 aromatic carbocycles. The van der Waals surface area contributed by atoms with Crippen LogP contribution in [0.25, 0.3) is 0 Å². The van der Waals surface area contributed by atoms with Crippen LogP contribution >= 0.6 is 0 Å². The summed E-state index contributed by atoms with van der Waals surface area (Å²) in [5.41, 5.74) is 0. The molecule has 0 rings (SSSR count). The fraction of sp³-hybridized carbons (Fsp3) is 0. The van der Waals surface area contributed by atoms with Gasteiger partial charge in [-0.05, 0) is 0 Å². The molecule has 40 valence electrons. The molecule has 0 fully saturated rings. The Kier molecular flexibility index (Phi) is 171. The van der Waals surface area contributed by atoms with Gasteiger partial charge in [-0.15, -0.1) is 0 Å². The molecule has 0 aliphatic carbocycles. The Balaban J connectivity index is 0. The Morgan fingerprint density at radius 3 is 0.400 bits per heavy atom. The van der Waals surface area contributed by atoms with E-state index in [-0.39, 0.29) is 123 Å². The van der Waals surface area contributed by atoms with Crippen LogP contribution in [0.15, 0.2) is 0 Å². The maximum atomic E-state index is 0. The van der Waals surface area contributed by atoms with E-state index in [4.69, 9.17) is 0 Å². The quantitative estimate of drug-likeness (QED) is 0.215. The summed E-state index contributed by atoms with van der Waals surface area (Å²) in [7, 11) is 0. The maximum absolute atomic E-state index is 0. The van der Waals surface area contributed by atoms with Crippen LogP contribution in [0.4, 0.5) is 0 Å². The molecule has 0 radical (unpaired) electrons. The van der Waals surface area contributed by atoms with Crippen LogP contribution in [0.3, 0.4) is 0 Å². The molecule has 0 bridgehead atoms. The summed E-state index contributed by atoms with van der Waals surface area (Å²) >= 11 is 0. The van der Waals surface area contributed by atoms with Crippen molar-refractivity contribution in [3.05, 3.63) is 0 Å². The zero-order chi connectivity index (χ0) is 0. The van der Waals surface area contributed by atoms with Crippen molar-refractivity contribution in [1.82, 2.24) is 0 Å². The van der Waals surface area contributed by atoms with Gasteiger partial charge in [0.15, 0.2) is 0 Å². The molecule has 0 aromatic heterocycles. The third-order valence-electron chi connectivity index (χ3n) is 0. The topological polar surface area (TPSA) is 0 Å². The zero-order valence-electron chi connectivity index (χ0n) is 2.91. The van der Waals surface area contributed by atoms with Crippen molar-refractivity contribution in [3.8, 4) is 0 Å². The summed E-state index contributed by atoms with van der Waals surface area (Å²) in [6.07, 6.45) is 0. The molecule has 0 aliphatic heterocycles. The minimum atomic E-state index is 0. The molecule has 0 aromatic rings. The van der Waals surface area contributed by atoms with Gasteiger partial charge < -0.3 is 0 Å². The SMILES string of the molecule is [BiH3].[BiH3].[TeH2].[TeH2].[TeH2]. The van der Waals surface area contributed by atoms with Crippen LogP contribution < -0.4 is 0 Å². The molecular weight excluding hydrogens is 801 g/mol. The Hall–Kier alpha value is 4.14. The van der Waals surface area contributed by atoms with Crippen LogP contribution in [-0.4, -0.2) is 123 Å². The van der Waals surface area contributed by atoms with Gasteiger partial charge in [0.2, 0.25) is 0 Å². The standard InChI is InChI=1S/2Bi.3H2Te.6H/h;;3*1H2;;;;;;. The van der Waals surface area contributed by atoms with Gasteiger partial charge in [0.25, 0.3) is 0 Å². The first-order valence-corrected chi connectivity index (χ1v) is 0. The van der Waals surface area contributed by atoms with Crippen molar-refractivity contribution in [2.24, 2.45) is 0 Å². The van der Waals surface area contributed by atoms with Gasteiger partial charge in [0.05, 0.1) is 0 Å². The normalized spacial score (nSPS) is 0. The summed E-state index contributed by atoms with van der Waals surface area (Å²) in [5, 5.41) is 0. The van der Waals surface area contributed by atoms with E-state index >= 15 is 0 Å². The molecule has 0 spiro atoms. The molecule has 0 atom stereocenters. The summed E-state index contributed by atoms with van der Waals surface area (Å²) in [6.45, 7) is 0. The average molecular weight is 813 g/mol. The average Bonchev–Trinajstić information content (AvgIpc) is 0. The van der Waals surface area contributed by atoms with E-state index in [9.17, 15) is 0 Å². The first-order valence-electron chi connectivity index (χ1n) is 0. The molecule has 0 unspecified atom stereocenters. The summed E-state index contributed by atoms with van der Waals surface area (Å²) < 4.78 is 0. The molecule has 5 heteroatoms. The predicted octanol–water partition coefficient (Wildman–Crippen LogP) is -5.12. The van der Waals surface area contributed by atoms with E-state index in [1.807, 2.05) is 0 Å². The van der Waals surface area contributed by atoms with Gasteiger partial charge in [-0.25, -0.2) is 0 Å². The van der Waals surface area contributed by atoms with E-state index < -0.39 is 0 Å². The van der Waals surface area contributed by atoms with Gasteiger partial charge in [0.1, 0.15) is 0 Å². The zero-order valence-corrected chi connectivity index (χ0v) is 22.5. The molecule has 0 N–H and O–H groups in total. The van der Waals surface area contributed by atoms with Gasteiger partial charge in [-0.1, -0.05) is 0 Å². The molecule has 0 heterocycles. The summed E-state index contributed by atoms with van der Waals surface area (Å²) in [4.78, 5) is 0. The van der Waals surface area contributed by atoms with Gasteiger partial charge in [0, 0.05) is 0 Å². The Morgan fingerprint density at radius 1 is 0.400 bits per heavy atom.